The van der Waals surface area contributed by atoms with E-state index in [2.05, 4.69) is 11.6 Å². The second-order valence-electron chi connectivity index (χ2n) is 7.01. The van der Waals surface area contributed by atoms with Crippen LogP contribution in [0.15, 0.2) is 18.2 Å². The van der Waals surface area contributed by atoms with Gasteiger partial charge in [0.05, 0.1) is 5.75 Å². The maximum Gasteiger partial charge on any atom is 0.231 e. The monoisotopic (exact) mass is 368 g/mol. The Morgan fingerprint density at radius 3 is 2.80 bits per heavy atom. The van der Waals surface area contributed by atoms with Crippen LogP contribution in [0.25, 0.3) is 0 Å². The van der Waals surface area contributed by atoms with Crippen molar-refractivity contribution in [2.24, 2.45) is 5.41 Å². The van der Waals surface area contributed by atoms with E-state index in [0.29, 0.717) is 13.0 Å². The van der Waals surface area contributed by atoms with Gasteiger partial charge in [0, 0.05) is 19.5 Å². The highest BCUT2D eigenvalue weighted by Gasteiger charge is 2.35. The molecule has 8 heteroatoms. The van der Waals surface area contributed by atoms with Crippen LogP contribution in [0, 0.1) is 5.41 Å². The molecule has 1 atom stereocenters. The highest BCUT2D eigenvalue weighted by molar-refractivity contribution is 7.89. The van der Waals surface area contributed by atoms with Gasteiger partial charge in [-0.2, -0.15) is 0 Å². The molecular formula is C17H24N2O5S. The Morgan fingerprint density at radius 1 is 1.28 bits per heavy atom. The number of carbonyl (C=O) groups is 1. The van der Waals surface area contributed by atoms with Gasteiger partial charge in [0.15, 0.2) is 11.5 Å². The van der Waals surface area contributed by atoms with Crippen LogP contribution in [-0.2, 0) is 21.2 Å². The van der Waals surface area contributed by atoms with E-state index in [1.807, 2.05) is 18.2 Å². The summed E-state index contributed by atoms with van der Waals surface area (Å²) in [4.78, 5) is 13.8. The third-order valence-corrected chi connectivity index (χ3v) is 6.22. The summed E-state index contributed by atoms with van der Waals surface area (Å²) in [6.07, 6.45) is 2.03. The van der Waals surface area contributed by atoms with Crippen molar-refractivity contribution < 1.29 is 22.7 Å². The van der Waals surface area contributed by atoms with Crippen LogP contribution in [0.5, 0.6) is 11.5 Å². The number of carbonyl (C=O) groups excluding carboxylic acids is 1. The van der Waals surface area contributed by atoms with Gasteiger partial charge in [-0.3, -0.25) is 4.79 Å². The fourth-order valence-electron chi connectivity index (χ4n) is 3.42. The topological polar surface area (TPSA) is 84.9 Å². The predicted octanol–water partition coefficient (Wildman–Crippen LogP) is 1.14. The Kier molecular flexibility index (Phi) is 4.92. The Hall–Kier alpha value is -1.80. The van der Waals surface area contributed by atoms with E-state index in [0.717, 1.165) is 29.9 Å². The van der Waals surface area contributed by atoms with Crippen LogP contribution in [0.2, 0.25) is 0 Å². The Balaban J connectivity index is 1.67. The van der Waals surface area contributed by atoms with Crippen molar-refractivity contribution in [3.05, 3.63) is 23.8 Å². The molecule has 138 valence electrons. The number of amides is 1. The molecule has 1 aromatic carbocycles. The molecule has 0 saturated carbocycles. The first-order chi connectivity index (χ1) is 11.8. The van der Waals surface area contributed by atoms with Crippen molar-refractivity contribution >= 4 is 15.9 Å². The number of sulfonamides is 1. The maximum atomic E-state index is 12.2. The van der Waals surface area contributed by atoms with Gasteiger partial charge in [0.25, 0.3) is 0 Å². The van der Waals surface area contributed by atoms with Crippen LogP contribution in [-0.4, -0.2) is 51.9 Å². The van der Waals surface area contributed by atoms with Crippen LogP contribution in [0.4, 0.5) is 0 Å². The summed E-state index contributed by atoms with van der Waals surface area (Å²) < 4.78 is 36.3. The molecule has 2 heterocycles. The molecular weight excluding hydrogens is 344 g/mol. The van der Waals surface area contributed by atoms with Gasteiger partial charge in [-0.25, -0.2) is 13.1 Å². The molecule has 1 N–H and O–H groups in total. The van der Waals surface area contributed by atoms with Gasteiger partial charge in [-0.1, -0.05) is 13.0 Å². The van der Waals surface area contributed by atoms with Crippen LogP contribution >= 0.6 is 0 Å². The van der Waals surface area contributed by atoms with E-state index in [4.69, 9.17) is 9.47 Å². The number of benzene rings is 1. The minimum Gasteiger partial charge on any atom is -0.454 e. The van der Waals surface area contributed by atoms with Gasteiger partial charge >= 0.3 is 0 Å². The van der Waals surface area contributed by atoms with Crippen molar-refractivity contribution in [3.63, 3.8) is 0 Å². The molecule has 0 bridgehead atoms. The highest BCUT2D eigenvalue weighted by Crippen LogP contribution is 2.37. The first-order valence-electron chi connectivity index (χ1n) is 8.38. The molecule has 0 aromatic heterocycles. The van der Waals surface area contributed by atoms with E-state index in [1.165, 1.54) is 7.05 Å². The molecule has 0 aliphatic carbocycles. The molecule has 25 heavy (non-hydrogen) atoms. The SMILES string of the molecule is CNS(=O)(=O)CCN1C[C@](C)(Cc2ccc3c(c2)OCO3)CCC1=O. The third-order valence-electron chi connectivity index (χ3n) is 4.88. The summed E-state index contributed by atoms with van der Waals surface area (Å²) in [7, 11) is -1.93. The Labute approximate surface area is 148 Å². The van der Waals surface area contributed by atoms with Gasteiger partial charge in [-0.15, -0.1) is 0 Å². The van der Waals surface area contributed by atoms with Crippen LogP contribution in [0.3, 0.4) is 0 Å². The normalized spacial score (nSPS) is 23.1. The minimum atomic E-state index is -3.32. The lowest BCUT2D eigenvalue weighted by Crippen LogP contribution is -2.48. The largest absolute Gasteiger partial charge is 0.454 e. The maximum absolute atomic E-state index is 12.2. The molecule has 2 aliphatic rings. The summed E-state index contributed by atoms with van der Waals surface area (Å²) in [5.41, 5.74) is 1.04. The van der Waals surface area contributed by atoms with Crippen molar-refractivity contribution in [1.82, 2.24) is 9.62 Å². The number of hydrogen-bond donors (Lipinski definition) is 1. The second kappa shape index (κ2) is 6.84. The second-order valence-corrected chi connectivity index (χ2v) is 9.06. The summed E-state index contributed by atoms with van der Waals surface area (Å²) in [5, 5.41) is 0. The molecule has 1 aromatic rings. The predicted molar refractivity (Wildman–Crippen MR) is 93.0 cm³/mol. The highest BCUT2D eigenvalue weighted by atomic mass is 32.2. The number of piperidine rings is 1. The standard InChI is InChI=1S/C17H24N2O5S/c1-17(10-13-3-4-14-15(9-13)24-12-23-14)6-5-16(20)19(11-17)7-8-25(21,22)18-2/h3-4,9,18H,5-8,10-12H2,1-2H3/t17-/m0/s1. The molecule has 0 radical (unpaired) electrons. The van der Waals surface area contributed by atoms with Crippen molar-refractivity contribution in [2.45, 2.75) is 26.2 Å². The molecule has 7 nitrogen and oxygen atoms in total. The Bertz CT molecular complexity index is 764. The zero-order chi connectivity index (χ0) is 18.1. The first kappa shape index (κ1) is 18.0. The Morgan fingerprint density at radius 2 is 2.04 bits per heavy atom. The first-order valence-corrected chi connectivity index (χ1v) is 10.0. The fourth-order valence-corrected chi connectivity index (χ4v) is 4.08. The number of ether oxygens (including phenoxy) is 2. The summed E-state index contributed by atoms with van der Waals surface area (Å²) >= 11 is 0. The van der Waals surface area contributed by atoms with Crippen molar-refractivity contribution in [1.29, 1.82) is 0 Å². The molecule has 2 aliphatic heterocycles. The minimum absolute atomic E-state index is 0.0227. The zero-order valence-electron chi connectivity index (χ0n) is 14.6. The molecule has 1 fully saturated rings. The van der Waals surface area contributed by atoms with E-state index >= 15 is 0 Å². The number of rotatable bonds is 6. The van der Waals surface area contributed by atoms with Gasteiger partial charge in [0.1, 0.15) is 0 Å². The third kappa shape index (κ3) is 4.24. The number of nitrogens with one attached hydrogen (secondary N) is 1. The van der Waals surface area contributed by atoms with Crippen molar-refractivity contribution in [2.75, 3.05) is 32.7 Å². The average Bonchev–Trinajstić information content (AvgIpc) is 3.03. The average molecular weight is 368 g/mol. The van der Waals surface area contributed by atoms with E-state index in [9.17, 15) is 13.2 Å². The lowest BCUT2D eigenvalue weighted by molar-refractivity contribution is -0.136. The molecule has 3 rings (SSSR count). The lowest BCUT2D eigenvalue weighted by atomic mass is 9.76. The van der Waals surface area contributed by atoms with Crippen LogP contribution < -0.4 is 14.2 Å². The van der Waals surface area contributed by atoms with E-state index in [1.54, 1.807) is 4.90 Å². The number of fused-ring (bicyclic) bond motifs is 1. The zero-order valence-corrected chi connectivity index (χ0v) is 15.4. The van der Waals surface area contributed by atoms with Gasteiger partial charge in [-0.05, 0) is 43.0 Å². The molecule has 1 amide bonds. The van der Waals surface area contributed by atoms with E-state index in [-0.39, 0.29) is 30.4 Å². The van der Waals surface area contributed by atoms with Gasteiger partial charge in [0.2, 0.25) is 22.7 Å². The molecule has 0 spiro atoms. The number of nitrogens with zero attached hydrogens (tertiary/aromatic N) is 1. The number of hydrogen-bond acceptors (Lipinski definition) is 5. The van der Waals surface area contributed by atoms with Crippen LogP contribution in [0.1, 0.15) is 25.3 Å². The summed E-state index contributed by atoms with van der Waals surface area (Å²) in [5.74, 6) is 1.46. The molecule has 1 saturated heterocycles. The smallest absolute Gasteiger partial charge is 0.231 e. The number of likely N-dealkylation sites (tertiary alicyclic amines) is 1. The van der Waals surface area contributed by atoms with Gasteiger partial charge < -0.3 is 14.4 Å². The van der Waals surface area contributed by atoms with E-state index < -0.39 is 10.0 Å². The quantitative estimate of drug-likeness (QED) is 0.814. The lowest BCUT2D eigenvalue weighted by Gasteiger charge is -2.40. The molecule has 0 unspecified atom stereocenters. The summed E-state index contributed by atoms with van der Waals surface area (Å²) in [6.45, 7) is 3.17. The summed E-state index contributed by atoms with van der Waals surface area (Å²) in [6, 6.07) is 5.91. The fraction of sp³-hybridized carbons (Fsp3) is 0.588. The van der Waals surface area contributed by atoms with Crippen molar-refractivity contribution in [3.8, 4) is 11.5 Å².